The van der Waals surface area contributed by atoms with Gasteiger partial charge in [0, 0.05) is 18.0 Å². The van der Waals surface area contributed by atoms with Crippen molar-refractivity contribution in [3.05, 3.63) is 45.6 Å². The third kappa shape index (κ3) is 3.13. The van der Waals surface area contributed by atoms with E-state index in [0.29, 0.717) is 23.7 Å². The molecular formula is C20H23N3O3S2. The molecule has 3 heterocycles. The number of carbonyl (C=O) groups excluding carboxylic acids is 1. The number of anilines is 1. The van der Waals surface area contributed by atoms with E-state index in [-0.39, 0.29) is 18.0 Å². The summed E-state index contributed by atoms with van der Waals surface area (Å²) >= 11 is 1.65. The maximum absolute atomic E-state index is 12.9. The van der Waals surface area contributed by atoms with Crippen molar-refractivity contribution in [3.63, 3.8) is 0 Å². The average Bonchev–Trinajstić information content (AvgIpc) is 3.29. The average molecular weight is 418 g/mol. The van der Waals surface area contributed by atoms with E-state index in [1.807, 2.05) is 11.0 Å². The molecule has 3 aliphatic rings. The lowest BCUT2D eigenvalue weighted by Crippen LogP contribution is -2.52. The molecule has 0 spiro atoms. The summed E-state index contributed by atoms with van der Waals surface area (Å²) in [5.41, 5.74) is 2.00. The van der Waals surface area contributed by atoms with E-state index in [1.165, 1.54) is 16.9 Å². The van der Waals surface area contributed by atoms with Crippen LogP contribution in [0.25, 0.3) is 0 Å². The topological polar surface area (TPSA) is 78.5 Å². The molecule has 0 radical (unpaired) electrons. The van der Waals surface area contributed by atoms with E-state index >= 15 is 0 Å². The van der Waals surface area contributed by atoms with Gasteiger partial charge >= 0.3 is 0 Å². The lowest BCUT2D eigenvalue weighted by atomic mass is 9.93. The molecule has 1 amide bonds. The molecule has 2 aromatic rings. The number of fused-ring (bicyclic) bond motifs is 2. The fourth-order valence-electron chi connectivity index (χ4n) is 4.49. The SMILES string of the molecule is O=C(c1cc2c(s1)CCC2)N1CCC(C2Nc3ccccc3S(=O)(=O)N2)CC1. The molecule has 1 aromatic heterocycles. The summed E-state index contributed by atoms with van der Waals surface area (Å²) in [5.74, 6) is 0.279. The minimum Gasteiger partial charge on any atom is -0.368 e. The molecule has 0 saturated carbocycles. The van der Waals surface area contributed by atoms with E-state index < -0.39 is 10.0 Å². The van der Waals surface area contributed by atoms with E-state index in [1.54, 1.807) is 29.5 Å². The van der Waals surface area contributed by atoms with Crippen molar-refractivity contribution in [2.45, 2.75) is 43.2 Å². The molecule has 1 aliphatic carbocycles. The van der Waals surface area contributed by atoms with Crippen molar-refractivity contribution in [1.29, 1.82) is 0 Å². The highest BCUT2D eigenvalue weighted by atomic mass is 32.2. The van der Waals surface area contributed by atoms with Crippen LogP contribution in [0, 0.1) is 5.92 Å². The van der Waals surface area contributed by atoms with Gasteiger partial charge in [-0.2, -0.15) is 4.72 Å². The van der Waals surface area contributed by atoms with E-state index in [4.69, 9.17) is 0 Å². The number of hydrogen-bond acceptors (Lipinski definition) is 5. The lowest BCUT2D eigenvalue weighted by Gasteiger charge is -2.38. The second-order valence-corrected chi connectivity index (χ2v) is 10.6. The zero-order valence-electron chi connectivity index (χ0n) is 15.5. The summed E-state index contributed by atoms with van der Waals surface area (Å²) in [7, 11) is -3.50. The molecule has 1 atom stereocenters. The van der Waals surface area contributed by atoms with Gasteiger partial charge in [0.05, 0.1) is 16.7 Å². The summed E-state index contributed by atoms with van der Waals surface area (Å²) < 4.78 is 27.9. The first kappa shape index (κ1) is 18.1. The Bertz CT molecular complexity index is 1000. The third-order valence-electron chi connectivity index (χ3n) is 6.03. The van der Waals surface area contributed by atoms with Gasteiger partial charge in [0.2, 0.25) is 10.0 Å². The van der Waals surface area contributed by atoms with Crippen LogP contribution in [0.15, 0.2) is 35.2 Å². The van der Waals surface area contributed by atoms with Gasteiger partial charge in [-0.25, -0.2) is 8.42 Å². The Morgan fingerprint density at radius 2 is 1.93 bits per heavy atom. The van der Waals surface area contributed by atoms with Crippen LogP contribution in [0.3, 0.4) is 0 Å². The van der Waals surface area contributed by atoms with Gasteiger partial charge in [0.1, 0.15) is 4.90 Å². The maximum Gasteiger partial charge on any atom is 0.263 e. The zero-order chi connectivity index (χ0) is 19.3. The molecule has 5 rings (SSSR count). The van der Waals surface area contributed by atoms with Crippen molar-refractivity contribution < 1.29 is 13.2 Å². The third-order valence-corrected chi connectivity index (χ3v) is 8.75. The number of para-hydroxylation sites is 1. The largest absolute Gasteiger partial charge is 0.368 e. The quantitative estimate of drug-likeness (QED) is 0.788. The number of amides is 1. The predicted octanol–water partition coefficient (Wildman–Crippen LogP) is 2.82. The molecule has 1 fully saturated rings. The van der Waals surface area contributed by atoms with Crippen molar-refractivity contribution in [1.82, 2.24) is 9.62 Å². The number of thiophene rings is 1. The highest BCUT2D eigenvalue weighted by Gasteiger charge is 2.36. The minimum atomic E-state index is -3.50. The van der Waals surface area contributed by atoms with Gasteiger partial charge < -0.3 is 10.2 Å². The number of aryl methyl sites for hydroxylation is 2. The monoisotopic (exact) mass is 417 g/mol. The highest BCUT2D eigenvalue weighted by Crippen LogP contribution is 2.33. The van der Waals surface area contributed by atoms with Gasteiger partial charge in [-0.05, 0) is 61.8 Å². The van der Waals surface area contributed by atoms with Crippen LogP contribution in [0.5, 0.6) is 0 Å². The van der Waals surface area contributed by atoms with E-state index in [0.717, 1.165) is 30.6 Å². The molecule has 6 nitrogen and oxygen atoms in total. The van der Waals surface area contributed by atoms with Gasteiger partial charge in [-0.15, -0.1) is 11.3 Å². The normalized spacial score (nSPS) is 23.7. The van der Waals surface area contributed by atoms with Crippen LogP contribution >= 0.6 is 11.3 Å². The zero-order valence-corrected chi connectivity index (χ0v) is 17.1. The van der Waals surface area contributed by atoms with Crippen molar-refractivity contribution in [2.75, 3.05) is 18.4 Å². The van der Waals surface area contributed by atoms with Gasteiger partial charge in [0.25, 0.3) is 5.91 Å². The summed E-state index contributed by atoms with van der Waals surface area (Å²) in [6.07, 6.45) is 4.62. The number of rotatable bonds is 2. The number of piperidine rings is 1. The van der Waals surface area contributed by atoms with Gasteiger partial charge in [0.15, 0.2) is 0 Å². The minimum absolute atomic E-state index is 0.125. The van der Waals surface area contributed by atoms with E-state index in [9.17, 15) is 13.2 Å². The maximum atomic E-state index is 12.9. The van der Waals surface area contributed by atoms with Gasteiger partial charge in [-0.1, -0.05) is 12.1 Å². The predicted molar refractivity (Wildman–Crippen MR) is 109 cm³/mol. The first-order chi connectivity index (χ1) is 13.5. The molecule has 28 heavy (non-hydrogen) atoms. The van der Waals surface area contributed by atoms with E-state index in [2.05, 4.69) is 16.1 Å². The Kier molecular flexibility index (Phi) is 4.45. The fraction of sp³-hybridized carbons (Fsp3) is 0.450. The summed E-state index contributed by atoms with van der Waals surface area (Å²) in [6.45, 7) is 1.32. The molecular weight excluding hydrogens is 394 g/mol. The summed E-state index contributed by atoms with van der Waals surface area (Å²) in [6, 6.07) is 9.05. The molecule has 1 aromatic carbocycles. The molecule has 2 N–H and O–H groups in total. The van der Waals surface area contributed by atoms with Crippen LogP contribution in [-0.2, 0) is 22.9 Å². The number of carbonyl (C=O) groups is 1. The van der Waals surface area contributed by atoms with Crippen LogP contribution in [0.1, 0.15) is 39.4 Å². The van der Waals surface area contributed by atoms with Crippen molar-refractivity contribution in [3.8, 4) is 0 Å². The Morgan fingerprint density at radius 1 is 1.14 bits per heavy atom. The van der Waals surface area contributed by atoms with Gasteiger partial charge in [-0.3, -0.25) is 4.79 Å². The summed E-state index contributed by atoms with van der Waals surface area (Å²) in [4.78, 5) is 17.3. The number of nitrogens with zero attached hydrogens (tertiary/aromatic N) is 1. The smallest absolute Gasteiger partial charge is 0.263 e. The fourth-order valence-corrected chi connectivity index (χ4v) is 7.10. The highest BCUT2D eigenvalue weighted by molar-refractivity contribution is 7.89. The molecule has 2 aliphatic heterocycles. The second kappa shape index (κ2) is 6.86. The Labute approximate surface area is 169 Å². The Hall–Kier alpha value is -1.90. The molecule has 8 heteroatoms. The number of hydrogen-bond donors (Lipinski definition) is 2. The molecule has 1 saturated heterocycles. The first-order valence-corrected chi connectivity index (χ1v) is 12.1. The number of benzene rings is 1. The molecule has 148 valence electrons. The Morgan fingerprint density at radius 3 is 2.71 bits per heavy atom. The number of sulfonamides is 1. The van der Waals surface area contributed by atoms with Crippen LogP contribution in [0.4, 0.5) is 5.69 Å². The van der Waals surface area contributed by atoms with Crippen molar-refractivity contribution in [2.24, 2.45) is 5.92 Å². The van der Waals surface area contributed by atoms with Crippen LogP contribution in [-0.4, -0.2) is 38.5 Å². The second-order valence-electron chi connectivity index (χ2n) is 7.78. The van der Waals surface area contributed by atoms with Crippen LogP contribution < -0.4 is 10.0 Å². The Balaban J connectivity index is 1.25. The number of nitrogens with one attached hydrogen (secondary N) is 2. The first-order valence-electron chi connectivity index (χ1n) is 9.80. The molecule has 1 unspecified atom stereocenters. The summed E-state index contributed by atoms with van der Waals surface area (Å²) in [5, 5.41) is 3.33. The number of likely N-dealkylation sites (tertiary alicyclic amines) is 1. The lowest BCUT2D eigenvalue weighted by molar-refractivity contribution is 0.0684. The van der Waals surface area contributed by atoms with Crippen molar-refractivity contribution >= 4 is 33.0 Å². The van der Waals surface area contributed by atoms with Crippen LogP contribution in [0.2, 0.25) is 0 Å². The molecule has 0 bridgehead atoms. The standard InChI is InChI=1S/C20H23N3O3S2/c24-20(17-12-14-4-3-6-16(14)27-17)23-10-8-13(9-11-23)19-21-15-5-1-2-7-18(15)28(25,26)22-19/h1-2,5,7,12-13,19,21-22H,3-4,6,8-11H2.